The molecule has 1 heterocycles. The average Bonchev–Trinajstić information content (AvgIpc) is 2.74. The smallest absolute Gasteiger partial charge is 0.337 e. The molecule has 1 atom stereocenters. The molecule has 0 saturated carbocycles. The Morgan fingerprint density at radius 2 is 2.00 bits per heavy atom. The molecule has 0 aliphatic carbocycles. The van der Waals surface area contributed by atoms with E-state index >= 15 is 0 Å². The van der Waals surface area contributed by atoms with E-state index in [9.17, 15) is 14.7 Å². The van der Waals surface area contributed by atoms with Crippen LogP contribution < -0.4 is 5.32 Å². The summed E-state index contributed by atoms with van der Waals surface area (Å²) in [5.74, 6) is -1.74. The van der Waals surface area contributed by atoms with Gasteiger partial charge in [-0.1, -0.05) is 18.2 Å². The Balaban J connectivity index is 2.20. The van der Waals surface area contributed by atoms with Crippen molar-refractivity contribution in [2.75, 3.05) is 6.54 Å². The number of hydrogen-bond donors (Lipinski definition) is 3. The minimum absolute atomic E-state index is 0.338. The highest BCUT2D eigenvalue weighted by Gasteiger charge is 2.30. The molecule has 1 amide bonds. The van der Waals surface area contributed by atoms with E-state index in [-0.39, 0.29) is 12.5 Å². The van der Waals surface area contributed by atoms with Crippen LogP contribution in [0.4, 0.5) is 0 Å². The van der Waals surface area contributed by atoms with E-state index in [4.69, 9.17) is 5.11 Å². The number of thiophene rings is 1. The number of aliphatic hydroxyl groups is 1. The highest BCUT2D eigenvalue weighted by molar-refractivity contribution is 7.21. The summed E-state index contributed by atoms with van der Waals surface area (Å²) in [6.45, 7) is 2.66. The van der Waals surface area contributed by atoms with Crippen LogP contribution in [-0.2, 0) is 4.79 Å². The first-order valence-corrected chi connectivity index (χ1v) is 6.86. The SMILES string of the molecule is Cc1c(C(=O)NCC(C)(O)C(=O)O)sc2ccccc12. The van der Waals surface area contributed by atoms with Crippen LogP contribution in [0, 0.1) is 6.92 Å². The van der Waals surface area contributed by atoms with Crippen LogP contribution in [-0.4, -0.2) is 34.2 Å². The van der Waals surface area contributed by atoms with Crippen LogP contribution in [0.3, 0.4) is 0 Å². The van der Waals surface area contributed by atoms with Crippen molar-refractivity contribution in [3.8, 4) is 0 Å². The predicted molar refractivity (Wildman–Crippen MR) is 77.2 cm³/mol. The molecule has 1 unspecified atom stereocenters. The number of amides is 1. The van der Waals surface area contributed by atoms with E-state index in [1.165, 1.54) is 11.3 Å². The lowest BCUT2D eigenvalue weighted by molar-refractivity contribution is -0.155. The molecule has 0 saturated heterocycles. The van der Waals surface area contributed by atoms with E-state index in [1.54, 1.807) is 0 Å². The number of nitrogens with one attached hydrogen (secondary N) is 1. The first-order chi connectivity index (χ1) is 9.33. The molecule has 0 fully saturated rings. The lowest BCUT2D eigenvalue weighted by Gasteiger charge is -2.18. The predicted octanol–water partition coefficient (Wildman–Crippen LogP) is 1.78. The topological polar surface area (TPSA) is 86.6 Å². The number of rotatable bonds is 4. The Bertz CT molecular complexity index is 675. The second-order valence-corrected chi connectivity index (χ2v) is 5.87. The van der Waals surface area contributed by atoms with Crippen molar-refractivity contribution in [2.45, 2.75) is 19.4 Å². The Hall–Kier alpha value is -1.92. The van der Waals surface area contributed by atoms with Gasteiger partial charge in [-0.15, -0.1) is 11.3 Å². The van der Waals surface area contributed by atoms with Gasteiger partial charge in [0.1, 0.15) is 0 Å². The van der Waals surface area contributed by atoms with E-state index in [1.807, 2.05) is 31.2 Å². The average molecular weight is 293 g/mol. The van der Waals surface area contributed by atoms with Crippen molar-refractivity contribution >= 4 is 33.3 Å². The molecule has 2 aromatic rings. The lowest BCUT2D eigenvalue weighted by atomic mass is 10.1. The summed E-state index contributed by atoms with van der Waals surface area (Å²) in [4.78, 5) is 23.4. The van der Waals surface area contributed by atoms with Crippen molar-refractivity contribution < 1.29 is 19.8 Å². The highest BCUT2D eigenvalue weighted by Crippen LogP contribution is 2.30. The fourth-order valence-electron chi connectivity index (χ4n) is 1.80. The minimum Gasteiger partial charge on any atom is -0.479 e. The van der Waals surface area contributed by atoms with Crippen molar-refractivity contribution in [3.63, 3.8) is 0 Å². The van der Waals surface area contributed by atoms with E-state index in [2.05, 4.69) is 5.32 Å². The number of carboxylic acids is 1. The standard InChI is InChI=1S/C14H15NO4S/c1-8-9-5-3-4-6-10(9)20-11(8)12(16)15-7-14(2,19)13(17)18/h3-6,19H,7H2,1-2H3,(H,15,16)(H,17,18). The first kappa shape index (κ1) is 14.5. The summed E-state index contributed by atoms with van der Waals surface area (Å²) in [7, 11) is 0. The summed E-state index contributed by atoms with van der Waals surface area (Å²) in [6.07, 6.45) is 0. The summed E-state index contributed by atoms with van der Waals surface area (Å²) >= 11 is 1.35. The van der Waals surface area contributed by atoms with Gasteiger partial charge in [0.15, 0.2) is 5.60 Å². The van der Waals surface area contributed by atoms with E-state index in [0.717, 1.165) is 22.6 Å². The number of aliphatic carboxylic acids is 1. The zero-order chi connectivity index (χ0) is 14.9. The third kappa shape index (κ3) is 2.66. The Labute approximate surface area is 119 Å². The zero-order valence-corrected chi connectivity index (χ0v) is 12.0. The van der Waals surface area contributed by atoms with Gasteiger partial charge >= 0.3 is 5.97 Å². The van der Waals surface area contributed by atoms with Gasteiger partial charge in [0.2, 0.25) is 0 Å². The summed E-state index contributed by atoms with van der Waals surface area (Å²) in [5.41, 5.74) is -1.11. The normalized spacial score (nSPS) is 13.9. The number of hydrogen-bond acceptors (Lipinski definition) is 4. The quantitative estimate of drug-likeness (QED) is 0.802. The van der Waals surface area contributed by atoms with E-state index in [0.29, 0.717) is 4.88 Å². The van der Waals surface area contributed by atoms with Gasteiger partial charge in [-0.3, -0.25) is 4.79 Å². The van der Waals surface area contributed by atoms with Crippen molar-refractivity contribution in [1.29, 1.82) is 0 Å². The second-order valence-electron chi connectivity index (χ2n) is 4.81. The number of carboxylic acid groups (broad SMARTS) is 1. The number of benzene rings is 1. The largest absolute Gasteiger partial charge is 0.479 e. The fraction of sp³-hybridized carbons (Fsp3) is 0.286. The molecule has 1 aromatic carbocycles. The summed E-state index contributed by atoms with van der Waals surface area (Å²) < 4.78 is 1.00. The molecule has 0 bridgehead atoms. The molecule has 0 aliphatic rings. The Morgan fingerprint density at radius 1 is 1.35 bits per heavy atom. The molecule has 0 radical (unpaired) electrons. The third-order valence-corrected chi connectivity index (χ3v) is 4.38. The molecule has 3 N–H and O–H groups in total. The maximum Gasteiger partial charge on any atom is 0.337 e. The Morgan fingerprint density at radius 3 is 2.60 bits per heavy atom. The van der Waals surface area contributed by atoms with Crippen molar-refractivity contribution in [3.05, 3.63) is 34.7 Å². The Kier molecular flexibility index (Phi) is 3.78. The molecule has 5 nitrogen and oxygen atoms in total. The van der Waals surface area contributed by atoms with Crippen LogP contribution in [0.1, 0.15) is 22.2 Å². The van der Waals surface area contributed by atoms with Crippen LogP contribution in [0.25, 0.3) is 10.1 Å². The molecule has 2 rings (SSSR count). The van der Waals surface area contributed by atoms with Gasteiger partial charge in [-0.2, -0.15) is 0 Å². The summed E-state index contributed by atoms with van der Waals surface area (Å²) in [6, 6.07) is 7.66. The highest BCUT2D eigenvalue weighted by atomic mass is 32.1. The van der Waals surface area contributed by atoms with Gasteiger partial charge in [0.25, 0.3) is 5.91 Å². The first-order valence-electron chi connectivity index (χ1n) is 6.05. The molecule has 0 spiro atoms. The number of fused-ring (bicyclic) bond motifs is 1. The molecule has 1 aromatic heterocycles. The molecular formula is C14H15NO4S. The second kappa shape index (κ2) is 5.22. The third-order valence-electron chi connectivity index (χ3n) is 3.10. The van der Waals surface area contributed by atoms with E-state index < -0.39 is 11.6 Å². The zero-order valence-electron chi connectivity index (χ0n) is 11.1. The van der Waals surface area contributed by atoms with Gasteiger partial charge < -0.3 is 15.5 Å². The van der Waals surface area contributed by atoms with Gasteiger partial charge in [-0.25, -0.2) is 4.79 Å². The molecular weight excluding hydrogens is 278 g/mol. The van der Waals surface area contributed by atoms with Gasteiger partial charge in [0, 0.05) is 4.70 Å². The van der Waals surface area contributed by atoms with Gasteiger partial charge in [-0.05, 0) is 30.9 Å². The monoisotopic (exact) mass is 293 g/mol. The number of carbonyl (C=O) groups excluding carboxylic acids is 1. The molecule has 106 valence electrons. The van der Waals surface area contributed by atoms with Crippen LogP contribution >= 0.6 is 11.3 Å². The maximum absolute atomic E-state index is 12.1. The van der Waals surface area contributed by atoms with Crippen molar-refractivity contribution in [2.24, 2.45) is 0 Å². The molecule has 0 aliphatic heterocycles. The lowest BCUT2D eigenvalue weighted by Crippen LogP contribution is -2.46. The number of aryl methyl sites for hydroxylation is 1. The summed E-state index contributed by atoms with van der Waals surface area (Å²) in [5, 5.41) is 21.9. The van der Waals surface area contributed by atoms with Crippen LogP contribution in [0.5, 0.6) is 0 Å². The number of carbonyl (C=O) groups is 2. The fourth-order valence-corrected chi connectivity index (χ4v) is 2.92. The van der Waals surface area contributed by atoms with Gasteiger partial charge in [0.05, 0.1) is 11.4 Å². The molecule has 6 heteroatoms. The maximum atomic E-state index is 12.1. The van der Waals surface area contributed by atoms with Crippen LogP contribution in [0.2, 0.25) is 0 Å². The minimum atomic E-state index is -1.97. The molecule has 20 heavy (non-hydrogen) atoms. The van der Waals surface area contributed by atoms with Crippen molar-refractivity contribution in [1.82, 2.24) is 5.32 Å². The van der Waals surface area contributed by atoms with Crippen LogP contribution in [0.15, 0.2) is 24.3 Å².